The van der Waals surface area contributed by atoms with Crippen LogP contribution in [0.1, 0.15) is 19.8 Å². The highest BCUT2D eigenvalue weighted by atomic mass is 15.3. The van der Waals surface area contributed by atoms with Gasteiger partial charge < -0.3 is 10.2 Å². The standard InChI is InChI=1S/C15H25N5/c1-13-11-14(3-6-16-13)12-19-7-9-20(10-8-19)15-17-4-2-5-18-15/h2,4-5,13-14,16H,3,6-12H2,1H3. The van der Waals surface area contributed by atoms with Crippen LogP contribution in [0, 0.1) is 5.92 Å². The molecule has 110 valence electrons. The normalized spacial score (nSPS) is 28.6. The molecule has 2 aliphatic heterocycles. The predicted octanol–water partition coefficient (Wildman–Crippen LogP) is 0.987. The summed E-state index contributed by atoms with van der Waals surface area (Å²) in [6.07, 6.45) is 6.30. The van der Waals surface area contributed by atoms with Gasteiger partial charge in [-0.15, -0.1) is 0 Å². The zero-order valence-electron chi connectivity index (χ0n) is 12.3. The number of anilines is 1. The van der Waals surface area contributed by atoms with Crippen molar-refractivity contribution in [2.75, 3.05) is 44.2 Å². The van der Waals surface area contributed by atoms with Crippen LogP contribution in [0.4, 0.5) is 5.95 Å². The van der Waals surface area contributed by atoms with Gasteiger partial charge in [-0.1, -0.05) is 0 Å². The van der Waals surface area contributed by atoms with Gasteiger partial charge >= 0.3 is 0 Å². The van der Waals surface area contributed by atoms with Gasteiger partial charge in [-0.05, 0) is 38.3 Å². The molecule has 3 heterocycles. The van der Waals surface area contributed by atoms with Crippen molar-refractivity contribution in [3.63, 3.8) is 0 Å². The fraction of sp³-hybridized carbons (Fsp3) is 0.733. The number of hydrogen-bond acceptors (Lipinski definition) is 5. The average Bonchev–Trinajstić information content (AvgIpc) is 2.49. The van der Waals surface area contributed by atoms with Gasteiger partial charge in [0, 0.05) is 51.2 Å². The van der Waals surface area contributed by atoms with Gasteiger partial charge in [0.1, 0.15) is 0 Å². The van der Waals surface area contributed by atoms with E-state index in [2.05, 4.69) is 32.0 Å². The van der Waals surface area contributed by atoms with Gasteiger partial charge in [-0.25, -0.2) is 9.97 Å². The Morgan fingerprint density at radius 2 is 1.95 bits per heavy atom. The molecule has 0 spiro atoms. The van der Waals surface area contributed by atoms with Crippen LogP contribution in [-0.4, -0.2) is 60.2 Å². The number of rotatable bonds is 3. The van der Waals surface area contributed by atoms with Crippen LogP contribution in [0.25, 0.3) is 0 Å². The Morgan fingerprint density at radius 3 is 2.65 bits per heavy atom. The molecule has 0 aliphatic carbocycles. The minimum atomic E-state index is 0.688. The molecule has 0 bridgehead atoms. The smallest absolute Gasteiger partial charge is 0.225 e. The number of nitrogens with zero attached hydrogens (tertiary/aromatic N) is 4. The maximum atomic E-state index is 4.34. The zero-order valence-corrected chi connectivity index (χ0v) is 12.3. The summed E-state index contributed by atoms with van der Waals surface area (Å²) in [6, 6.07) is 2.56. The molecule has 0 radical (unpaired) electrons. The fourth-order valence-electron chi connectivity index (χ4n) is 3.35. The van der Waals surface area contributed by atoms with Crippen molar-refractivity contribution in [1.29, 1.82) is 0 Å². The second-order valence-corrected chi connectivity index (χ2v) is 6.08. The molecule has 0 aromatic carbocycles. The minimum Gasteiger partial charge on any atom is -0.338 e. The van der Waals surface area contributed by atoms with E-state index in [1.807, 2.05) is 18.5 Å². The van der Waals surface area contributed by atoms with Crippen molar-refractivity contribution in [2.45, 2.75) is 25.8 Å². The molecule has 2 unspecified atom stereocenters. The van der Waals surface area contributed by atoms with Crippen molar-refractivity contribution < 1.29 is 0 Å². The van der Waals surface area contributed by atoms with Crippen molar-refractivity contribution in [2.24, 2.45) is 5.92 Å². The number of nitrogens with one attached hydrogen (secondary N) is 1. The summed E-state index contributed by atoms with van der Waals surface area (Å²) in [5.41, 5.74) is 0. The van der Waals surface area contributed by atoms with Gasteiger partial charge in [0.2, 0.25) is 5.95 Å². The van der Waals surface area contributed by atoms with Gasteiger partial charge in [-0.3, -0.25) is 4.90 Å². The summed E-state index contributed by atoms with van der Waals surface area (Å²) < 4.78 is 0. The first kappa shape index (κ1) is 13.8. The van der Waals surface area contributed by atoms with Crippen LogP contribution in [0.2, 0.25) is 0 Å². The van der Waals surface area contributed by atoms with Crippen LogP contribution in [0.15, 0.2) is 18.5 Å². The monoisotopic (exact) mass is 275 g/mol. The summed E-state index contributed by atoms with van der Waals surface area (Å²) in [5.74, 6) is 1.74. The van der Waals surface area contributed by atoms with E-state index in [0.29, 0.717) is 6.04 Å². The molecule has 1 aromatic rings. The maximum Gasteiger partial charge on any atom is 0.225 e. The number of piperidine rings is 1. The summed E-state index contributed by atoms with van der Waals surface area (Å²) in [6.45, 7) is 9.11. The van der Waals surface area contributed by atoms with Crippen molar-refractivity contribution >= 4 is 5.95 Å². The predicted molar refractivity (Wildman–Crippen MR) is 80.9 cm³/mol. The van der Waals surface area contributed by atoms with Gasteiger partial charge in [0.05, 0.1) is 0 Å². The largest absolute Gasteiger partial charge is 0.338 e. The van der Waals surface area contributed by atoms with Crippen LogP contribution in [0.5, 0.6) is 0 Å². The third kappa shape index (κ3) is 3.46. The number of piperazine rings is 1. The SMILES string of the molecule is CC1CC(CN2CCN(c3ncccn3)CC2)CCN1. The van der Waals surface area contributed by atoms with E-state index in [0.717, 1.165) is 38.0 Å². The molecule has 20 heavy (non-hydrogen) atoms. The van der Waals surface area contributed by atoms with Crippen LogP contribution >= 0.6 is 0 Å². The van der Waals surface area contributed by atoms with Gasteiger partial charge in [0.25, 0.3) is 0 Å². The Bertz CT molecular complexity index is 402. The quantitative estimate of drug-likeness (QED) is 0.891. The second-order valence-electron chi connectivity index (χ2n) is 6.08. The molecule has 0 amide bonds. The molecule has 2 atom stereocenters. The topological polar surface area (TPSA) is 44.3 Å². The first-order valence-corrected chi connectivity index (χ1v) is 7.79. The van der Waals surface area contributed by atoms with E-state index in [1.165, 1.54) is 25.9 Å². The lowest BCUT2D eigenvalue weighted by atomic mass is 9.92. The summed E-state index contributed by atoms with van der Waals surface area (Å²) in [4.78, 5) is 13.6. The average molecular weight is 275 g/mol. The van der Waals surface area contributed by atoms with Gasteiger partial charge in [0.15, 0.2) is 0 Å². The molecular formula is C15H25N5. The number of hydrogen-bond donors (Lipinski definition) is 1. The highest BCUT2D eigenvalue weighted by Crippen LogP contribution is 2.19. The molecule has 5 nitrogen and oxygen atoms in total. The van der Waals surface area contributed by atoms with Crippen LogP contribution in [0.3, 0.4) is 0 Å². The van der Waals surface area contributed by atoms with E-state index < -0.39 is 0 Å². The van der Waals surface area contributed by atoms with Crippen LogP contribution < -0.4 is 10.2 Å². The van der Waals surface area contributed by atoms with E-state index in [-0.39, 0.29) is 0 Å². The zero-order chi connectivity index (χ0) is 13.8. The lowest BCUT2D eigenvalue weighted by molar-refractivity contribution is 0.183. The maximum absolute atomic E-state index is 4.34. The Labute approximate surface area is 121 Å². The summed E-state index contributed by atoms with van der Waals surface area (Å²) >= 11 is 0. The summed E-state index contributed by atoms with van der Waals surface area (Å²) in [7, 11) is 0. The Morgan fingerprint density at radius 1 is 1.20 bits per heavy atom. The van der Waals surface area contributed by atoms with Crippen LogP contribution in [-0.2, 0) is 0 Å². The molecule has 2 fully saturated rings. The highest BCUT2D eigenvalue weighted by Gasteiger charge is 2.24. The lowest BCUT2D eigenvalue weighted by Gasteiger charge is -2.38. The molecule has 3 rings (SSSR count). The molecule has 2 saturated heterocycles. The molecule has 1 aromatic heterocycles. The molecule has 1 N–H and O–H groups in total. The number of aromatic nitrogens is 2. The molecule has 2 aliphatic rings. The van der Waals surface area contributed by atoms with Crippen molar-refractivity contribution in [3.05, 3.63) is 18.5 Å². The third-order valence-corrected chi connectivity index (χ3v) is 4.46. The highest BCUT2D eigenvalue weighted by molar-refractivity contribution is 5.29. The molecular weight excluding hydrogens is 250 g/mol. The van der Waals surface area contributed by atoms with Crippen molar-refractivity contribution in [3.8, 4) is 0 Å². The lowest BCUT2D eigenvalue weighted by Crippen LogP contribution is -2.49. The summed E-state index contributed by atoms with van der Waals surface area (Å²) in [5, 5.41) is 3.53. The van der Waals surface area contributed by atoms with Crippen molar-refractivity contribution in [1.82, 2.24) is 20.2 Å². The Hall–Kier alpha value is -1.20. The Balaban J connectivity index is 1.46. The van der Waals surface area contributed by atoms with E-state index in [9.17, 15) is 0 Å². The first-order valence-electron chi connectivity index (χ1n) is 7.79. The Kier molecular flexibility index (Phi) is 4.47. The minimum absolute atomic E-state index is 0.688. The molecule has 5 heteroatoms. The third-order valence-electron chi connectivity index (χ3n) is 4.46. The van der Waals surface area contributed by atoms with E-state index >= 15 is 0 Å². The fourth-order valence-corrected chi connectivity index (χ4v) is 3.35. The molecule has 0 saturated carbocycles. The van der Waals surface area contributed by atoms with E-state index in [4.69, 9.17) is 0 Å². The second kappa shape index (κ2) is 6.50. The first-order chi connectivity index (χ1) is 9.81. The van der Waals surface area contributed by atoms with E-state index in [1.54, 1.807) is 0 Å². The van der Waals surface area contributed by atoms with Gasteiger partial charge in [-0.2, -0.15) is 0 Å².